The lowest BCUT2D eigenvalue weighted by Gasteiger charge is -2.33. The van der Waals surface area contributed by atoms with E-state index in [9.17, 15) is 18.0 Å². The molecular weight excluding hydrogens is 286 g/mol. The third-order valence-electron chi connectivity index (χ3n) is 3.04. The SMILES string of the molecule is CCNC(=O)N1CCN(S(=O)(=O)CCCC(=O)O)CC1. The smallest absolute Gasteiger partial charge is 0.317 e. The molecule has 0 spiro atoms. The molecule has 1 rings (SSSR count). The minimum atomic E-state index is -3.43. The Hall–Kier alpha value is -1.35. The molecule has 116 valence electrons. The van der Waals surface area contributed by atoms with Gasteiger partial charge >= 0.3 is 12.0 Å². The normalized spacial score (nSPS) is 16.9. The number of rotatable bonds is 6. The lowest BCUT2D eigenvalue weighted by molar-refractivity contribution is -0.137. The number of urea groups is 1. The van der Waals surface area contributed by atoms with Crippen molar-refractivity contribution in [3.8, 4) is 0 Å². The average Bonchev–Trinajstić information content (AvgIpc) is 2.38. The summed E-state index contributed by atoms with van der Waals surface area (Å²) < 4.78 is 25.3. The van der Waals surface area contributed by atoms with E-state index >= 15 is 0 Å². The van der Waals surface area contributed by atoms with Crippen LogP contribution in [0.4, 0.5) is 4.79 Å². The van der Waals surface area contributed by atoms with Gasteiger partial charge in [-0.05, 0) is 13.3 Å². The predicted octanol–water partition coefficient (Wildman–Crippen LogP) is -0.472. The Morgan fingerprint density at radius 3 is 2.30 bits per heavy atom. The number of piperazine rings is 1. The first kappa shape index (κ1) is 16.7. The first-order valence-corrected chi connectivity index (χ1v) is 8.20. The lowest BCUT2D eigenvalue weighted by Crippen LogP contribution is -2.53. The molecule has 0 aliphatic carbocycles. The van der Waals surface area contributed by atoms with Crippen molar-refractivity contribution in [1.82, 2.24) is 14.5 Å². The van der Waals surface area contributed by atoms with E-state index in [1.54, 1.807) is 4.90 Å². The average molecular weight is 307 g/mol. The van der Waals surface area contributed by atoms with Gasteiger partial charge in [-0.2, -0.15) is 4.31 Å². The molecule has 0 saturated carbocycles. The predicted molar refractivity (Wildman–Crippen MR) is 72.9 cm³/mol. The van der Waals surface area contributed by atoms with Gasteiger partial charge in [0.25, 0.3) is 0 Å². The van der Waals surface area contributed by atoms with Crippen LogP contribution in [0.2, 0.25) is 0 Å². The van der Waals surface area contributed by atoms with Gasteiger partial charge < -0.3 is 15.3 Å². The summed E-state index contributed by atoms with van der Waals surface area (Å²) in [5.74, 6) is -1.17. The summed E-state index contributed by atoms with van der Waals surface area (Å²) in [5, 5.41) is 11.2. The summed E-state index contributed by atoms with van der Waals surface area (Å²) in [4.78, 5) is 23.5. The number of nitrogens with one attached hydrogen (secondary N) is 1. The second-order valence-corrected chi connectivity index (χ2v) is 6.62. The molecule has 8 nitrogen and oxygen atoms in total. The van der Waals surface area contributed by atoms with Crippen LogP contribution >= 0.6 is 0 Å². The van der Waals surface area contributed by atoms with Crippen LogP contribution in [0.15, 0.2) is 0 Å². The third-order valence-corrected chi connectivity index (χ3v) is 5.00. The molecule has 1 aliphatic heterocycles. The zero-order valence-electron chi connectivity index (χ0n) is 11.5. The number of hydrogen-bond donors (Lipinski definition) is 2. The van der Waals surface area contributed by atoms with Crippen molar-refractivity contribution < 1.29 is 23.1 Å². The fourth-order valence-corrected chi connectivity index (χ4v) is 3.45. The number of aliphatic carboxylic acids is 1. The van der Waals surface area contributed by atoms with Crippen LogP contribution in [0, 0.1) is 0 Å². The van der Waals surface area contributed by atoms with Gasteiger partial charge in [-0.15, -0.1) is 0 Å². The maximum atomic E-state index is 12.0. The van der Waals surface area contributed by atoms with Crippen molar-refractivity contribution in [2.24, 2.45) is 0 Å². The van der Waals surface area contributed by atoms with E-state index in [0.717, 1.165) is 0 Å². The molecular formula is C11H21N3O5S. The summed E-state index contributed by atoms with van der Waals surface area (Å²) in [6.45, 7) is 3.57. The molecule has 0 unspecified atom stereocenters. The maximum absolute atomic E-state index is 12.0. The van der Waals surface area contributed by atoms with Crippen molar-refractivity contribution >= 4 is 22.0 Å². The molecule has 0 aromatic heterocycles. The topological polar surface area (TPSA) is 107 Å². The minimum absolute atomic E-state index is 0.105. The molecule has 0 aromatic carbocycles. The molecule has 2 amide bonds. The second-order valence-electron chi connectivity index (χ2n) is 4.53. The number of sulfonamides is 1. The number of amides is 2. The lowest BCUT2D eigenvalue weighted by atomic mass is 10.3. The van der Waals surface area contributed by atoms with Gasteiger partial charge in [-0.25, -0.2) is 13.2 Å². The van der Waals surface area contributed by atoms with E-state index < -0.39 is 16.0 Å². The highest BCUT2D eigenvalue weighted by Crippen LogP contribution is 2.10. The van der Waals surface area contributed by atoms with Gasteiger partial charge in [0, 0.05) is 39.1 Å². The highest BCUT2D eigenvalue weighted by atomic mass is 32.2. The molecule has 20 heavy (non-hydrogen) atoms. The van der Waals surface area contributed by atoms with Crippen LogP contribution < -0.4 is 5.32 Å². The monoisotopic (exact) mass is 307 g/mol. The number of nitrogens with zero attached hydrogens (tertiary/aromatic N) is 2. The third kappa shape index (κ3) is 4.97. The molecule has 0 bridgehead atoms. The van der Waals surface area contributed by atoms with Crippen LogP contribution in [0.3, 0.4) is 0 Å². The van der Waals surface area contributed by atoms with Crippen LogP contribution in [0.5, 0.6) is 0 Å². The standard InChI is InChI=1S/C11H21N3O5S/c1-2-12-11(17)13-5-7-14(8-6-13)20(18,19)9-3-4-10(15)16/h2-9H2,1H3,(H,12,17)(H,15,16). The summed E-state index contributed by atoms with van der Waals surface area (Å²) in [6, 6.07) is -0.185. The largest absolute Gasteiger partial charge is 0.481 e. The minimum Gasteiger partial charge on any atom is -0.481 e. The van der Waals surface area contributed by atoms with Crippen molar-refractivity contribution in [3.05, 3.63) is 0 Å². The molecule has 2 N–H and O–H groups in total. The number of hydrogen-bond acceptors (Lipinski definition) is 4. The van der Waals surface area contributed by atoms with Crippen molar-refractivity contribution in [2.45, 2.75) is 19.8 Å². The highest BCUT2D eigenvalue weighted by molar-refractivity contribution is 7.89. The molecule has 1 aliphatic rings. The maximum Gasteiger partial charge on any atom is 0.317 e. The number of carbonyl (C=O) groups is 2. The molecule has 1 heterocycles. The Balaban J connectivity index is 2.43. The van der Waals surface area contributed by atoms with E-state index in [-0.39, 0.29) is 37.7 Å². The summed E-state index contributed by atoms with van der Waals surface area (Å²) >= 11 is 0. The van der Waals surface area contributed by atoms with E-state index in [0.29, 0.717) is 19.6 Å². The van der Waals surface area contributed by atoms with Gasteiger partial charge in [0.1, 0.15) is 0 Å². The van der Waals surface area contributed by atoms with Gasteiger partial charge in [-0.1, -0.05) is 0 Å². The van der Waals surface area contributed by atoms with Crippen LogP contribution in [0.25, 0.3) is 0 Å². The van der Waals surface area contributed by atoms with Crippen molar-refractivity contribution in [3.63, 3.8) is 0 Å². The first-order valence-electron chi connectivity index (χ1n) is 6.59. The Morgan fingerprint density at radius 1 is 1.20 bits per heavy atom. The van der Waals surface area contributed by atoms with Gasteiger partial charge in [0.2, 0.25) is 10.0 Å². The van der Waals surface area contributed by atoms with Gasteiger partial charge in [-0.3, -0.25) is 4.79 Å². The molecule has 0 atom stereocenters. The van der Waals surface area contributed by atoms with E-state index in [1.165, 1.54) is 4.31 Å². The molecule has 1 fully saturated rings. The number of carbonyl (C=O) groups excluding carboxylic acids is 1. The summed E-state index contributed by atoms with van der Waals surface area (Å²) in [5.41, 5.74) is 0. The zero-order chi connectivity index (χ0) is 15.2. The quantitative estimate of drug-likeness (QED) is 0.690. The van der Waals surface area contributed by atoms with Crippen LogP contribution in [-0.4, -0.2) is 73.2 Å². The Morgan fingerprint density at radius 2 is 1.80 bits per heavy atom. The highest BCUT2D eigenvalue weighted by Gasteiger charge is 2.28. The molecule has 9 heteroatoms. The molecule has 0 radical (unpaired) electrons. The summed E-state index contributed by atoms with van der Waals surface area (Å²) in [6.07, 6.45) is -0.0493. The van der Waals surface area contributed by atoms with Crippen LogP contribution in [0.1, 0.15) is 19.8 Å². The van der Waals surface area contributed by atoms with Crippen molar-refractivity contribution in [1.29, 1.82) is 0 Å². The van der Waals surface area contributed by atoms with Gasteiger partial charge in [0.05, 0.1) is 5.75 Å². The van der Waals surface area contributed by atoms with E-state index in [2.05, 4.69) is 5.32 Å². The second kappa shape index (κ2) is 7.44. The Labute approximate surface area is 118 Å². The van der Waals surface area contributed by atoms with E-state index in [4.69, 9.17) is 5.11 Å². The fourth-order valence-electron chi connectivity index (χ4n) is 1.97. The van der Waals surface area contributed by atoms with Crippen molar-refractivity contribution in [2.75, 3.05) is 38.5 Å². The van der Waals surface area contributed by atoms with E-state index in [1.807, 2.05) is 6.92 Å². The summed E-state index contributed by atoms with van der Waals surface area (Å²) in [7, 11) is -3.43. The zero-order valence-corrected chi connectivity index (χ0v) is 12.4. The van der Waals surface area contributed by atoms with Crippen LogP contribution in [-0.2, 0) is 14.8 Å². The number of carboxylic acid groups (broad SMARTS) is 1. The molecule has 0 aromatic rings. The van der Waals surface area contributed by atoms with Gasteiger partial charge in [0.15, 0.2) is 0 Å². The first-order chi connectivity index (χ1) is 9.36. The number of carboxylic acids is 1. The Kier molecular flexibility index (Phi) is 6.21. The fraction of sp³-hybridized carbons (Fsp3) is 0.818. The Bertz CT molecular complexity index is 443. The molecule has 1 saturated heterocycles.